The number of carbonyl (C=O) groups is 2. The summed E-state index contributed by atoms with van der Waals surface area (Å²) in [7, 11) is 7.04. The van der Waals surface area contributed by atoms with Crippen molar-refractivity contribution in [2.24, 2.45) is 0 Å². The summed E-state index contributed by atoms with van der Waals surface area (Å²) < 4.78 is 10.7. The molecule has 0 radical (unpaired) electrons. The molecule has 2 aromatic carbocycles. The Balaban J connectivity index is 2.22. The van der Waals surface area contributed by atoms with Crippen molar-refractivity contribution in [2.45, 2.75) is 32.7 Å². The monoisotopic (exact) mass is 466 g/mol. The van der Waals surface area contributed by atoms with E-state index in [1.807, 2.05) is 76.2 Å². The van der Waals surface area contributed by atoms with Crippen molar-refractivity contribution >= 4 is 23.1 Å². The quantitative estimate of drug-likeness (QED) is 0.356. The van der Waals surface area contributed by atoms with Crippen LogP contribution in [0.3, 0.4) is 0 Å². The molecule has 182 valence electrons. The zero-order chi connectivity index (χ0) is 25.2. The van der Waals surface area contributed by atoms with Crippen LogP contribution in [0.1, 0.15) is 48.1 Å². The molecule has 0 bridgehead atoms. The third-order valence-electron chi connectivity index (χ3n) is 6.26. The van der Waals surface area contributed by atoms with Gasteiger partial charge in [0.25, 0.3) is 11.7 Å². The van der Waals surface area contributed by atoms with Gasteiger partial charge in [0.1, 0.15) is 11.5 Å². The molecule has 1 amide bonds. The lowest BCUT2D eigenvalue weighted by molar-refractivity contribution is -0.140. The zero-order valence-corrected chi connectivity index (χ0v) is 21.0. The lowest BCUT2D eigenvalue weighted by atomic mass is 9.91. The predicted octanol–water partition coefficient (Wildman–Crippen LogP) is 4.26. The Hall–Kier alpha value is -3.32. The molecule has 0 spiro atoms. The molecular formula is C27H34N2O5. The number of benzene rings is 2. The topological polar surface area (TPSA) is 79.3 Å². The van der Waals surface area contributed by atoms with E-state index in [4.69, 9.17) is 9.47 Å². The molecule has 0 saturated carbocycles. The number of methoxy groups -OCH3 is 2. The highest BCUT2D eigenvalue weighted by molar-refractivity contribution is 6.46. The van der Waals surface area contributed by atoms with E-state index in [9.17, 15) is 14.7 Å². The molecule has 34 heavy (non-hydrogen) atoms. The molecule has 0 aliphatic carbocycles. The van der Waals surface area contributed by atoms with Crippen molar-refractivity contribution in [1.29, 1.82) is 0 Å². The van der Waals surface area contributed by atoms with Gasteiger partial charge < -0.3 is 24.4 Å². The fraction of sp³-hybridized carbons (Fsp3) is 0.407. The van der Waals surface area contributed by atoms with E-state index < -0.39 is 17.7 Å². The van der Waals surface area contributed by atoms with Crippen molar-refractivity contribution in [1.82, 2.24) is 4.90 Å². The minimum Gasteiger partial charge on any atom is -0.507 e. The van der Waals surface area contributed by atoms with Crippen LogP contribution >= 0.6 is 0 Å². The fourth-order valence-corrected chi connectivity index (χ4v) is 4.33. The molecule has 7 heteroatoms. The number of rotatable bonds is 8. The Labute approximate surface area is 201 Å². The number of aryl methyl sites for hydroxylation is 1. The average molecular weight is 467 g/mol. The summed E-state index contributed by atoms with van der Waals surface area (Å²) in [5.41, 5.74) is 4.01. The second kappa shape index (κ2) is 10.3. The van der Waals surface area contributed by atoms with E-state index in [0.717, 1.165) is 28.1 Å². The Kier molecular flexibility index (Phi) is 7.67. The van der Waals surface area contributed by atoms with Gasteiger partial charge >= 0.3 is 0 Å². The normalized spacial score (nSPS) is 17.5. The van der Waals surface area contributed by atoms with E-state index in [1.54, 1.807) is 14.2 Å². The maximum atomic E-state index is 13.2. The van der Waals surface area contributed by atoms with Gasteiger partial charge in [0, 0.05) is 39.0 Å². The number of nitrogens with zero attached hydrogens (tertiary/aromatic N) is 2. The van der Waals surface area contributed by atoms with Crippen molar-refractivity contribution in [3.8, 4) is 5.75 Å². The number of ether oxygens (including phenoxy) is 2. The lowest BCUT2D eigenvalue weighted by Gasteiger charge is -2.26. The molecule has 1 atom stereocenters. The third kappa shape index (κ3) is 4.66. The van der Waals surface area contributed by atoms with Crippen LogP contribution in [0, 0.1) is 6.92 Å². The van der Waals surface area contributed by atoms with Gasteiger partial charge in [0.15, 0.2) is 0 Å². The molecule has 1 unspecified atom stereocenters. The van der Waals surface area contributed by atoms with E-state index in [0.29, 0.717) is 5.56 Å². The van der Waals surface area contributed by atoms with Gasteiger partial charge in [-0.2, -0.15) is 0 Å². The van der Waals surface area contributed by atoms with Crippen LogP contribution in [-0.2, 0) is 14.3 Å². The number of amides is 1. The fourth-order valence-electron chi connectivity index (χ4n) is 4.33. The SMILES string of the molecule is COCCN1C(=O)C(=O)/C(=C(/O)c2cc(C(C)C)c(OC)cc2C)C1c1ccc(N(C)C)cc1. The standard InChI is InChI=1S/C27H34N2O5/c1-16(2)20-15-21(17(3)14-22(20)34-7)25(30)23-24(18-8-10-19(11-9-18)28(4)5)29(12-13-33-6)27(32)26(23)31/h8-11,14-16,24,30H,12-13H2,1-7H3/b25-23+. The van der Waals surface area contributed by atoms with Crippen LogP contribution in [0.15, 0.2) is 42.0 Å². The molecule has 3 rings (SSSR count). The highest BCUT2D eigenvalue weighted by Crippen LogP contribution is 2.41. The Morgan fingerprint density at radius 2 is 1.76 bits per heavy atom. The van der Waals surface area contributed by atoms with Crippen molar-refractivity contribution in [3.05, 3.63) is 64.2 Å². The first-order valence-electron chi connectivity index (χ1n) is 11.4. The number of aliphatic hydroxyl groups is 1. The lowest BCUT2D eigenvalue weighted by Crippen LogP contribution is -2.32. The Morgan fingerprint density at radius 1 is 1.12 bits per heavy atom. The maximum absolute atomic E-state index is 13.2. The molecule has 1 saturated heterocycles. The first-order chi connectivity index (χ1) is 16.1. The molecule has 1 aliphatic heterocycles. The summed E-state index contributed by atoms with van der Waals surface area (Å²) in [4.78, 5) is 29.7. The van der Waals surface area contributed by atoms with Crippen LogP contribution in [0.2, 0.25) is 0 Å². The summed E-state index contributed by atoms with van der Waals surface area (Å²) in [6.07, 6.45) is 0. The minimum absolute atomic E-state index is 0.0849. The Morgan fingerprint density at radius 3 is 2.29 bits per heavy atom. The first-order valence-corrected chi connectivity index (χ1v) is 11.4. The van der Waals surface area contributed by atoms with Crippen LogP contribution in [0.25, 0.3) is 5.76 Å². The van der Waals surface area contributed by atoms with E-state index in [-0.39, 0.29) is 30.4 Å². The van der Waals surface area contributed by atoms with Gasteiger partial charge in [-0.05, 0) is 53.8 Å². The molecule has 7 nitrogen and oxygen atoms in total. The molecule has 1 N–H and O–H groups in total. The molecule has 1 aliphatic rings. The van der Waals surface area contributed by atoms with Crippen LogP contribution in [0.5, 0.6) is 5.75 Å². The second-order valence-corrected chi connectivity index (χ2v) is 9.04. The van der Waals surface area contributed by atoms with E-state index in [1.165, 1.54) is 4.90 Å². The number of hydrogen-bond acceptors (Lipinski definition) is 6. The number of anilines is 1. The molecule has 1 heterocycles. The van der Waals surface area contributed by atoms with Gasteiger partial charge in [-0.1, -0.05) is 26.0 Å². The Bertz CT molecular complexity index is 1100. The average Bonchev–Trinajstić information content (AvgIpc) is 3.06. The number of hydrogen-bond donors (Lipinski definition) is 1. The highest BCUT2D eigenvalue weighted by atomic mass is 16.5. The van der Waals surface area contributed by atoms with Crippen LogP contribution < -0.4 is 9.64 Å². The van der Waals surface area contributed by atoms with E-state index >= 15 is 0 Å². The van der Waals surface area contributed by atoms with Crippen molar-refractivity contribution in [3.63, 3.8) is 0 Å². The van der Waals surface area contributed by atoms with Gasteiger partial charge in [-0.25, -0.2) is 0 Å². The largest absolute Gasteiger partial charge is 0.507 e. The molecule has 0 aromatic heterocycles. The maximum Gasteiger partial charge on any atom is 0.295 e. The smallest absolute Gasteiger partial charge is 0.295 e. The number of Topliss-reactive ketones (excluding diaryl/α,β-unsaturated/α-hetero) is 1. The predicted molar refractivity (Wildman–Crippen MR) is 133 cm³/mol. The first kappa shape index (κ1) is 25.3. The highest BCUT2D eigenvalue weighted by Gasteiger charge is 2.46. The van der Waals surface area contributed by atoms with Gasteiger partial charge in [0.05, 0.1) is 25.3 Å². The van der Waals surface area contributed by atoms with Gasteiger partial charge in [-0.15, -0.1) is 0 Å². The summed E-state index contributed by atoms with van der Waals surface area (Å²) in [5.74, 6) is -0.657. The van der Waals surface area contributed by atoms with Crippen LogP contribution in [0.4, 0.5) is 5.69 Å². The summed E-state index contributed by atoms with van der Waals surface area (Å²) >= 11 is 0. The van der Waals surface area contributed by atoms with Gasteiger partial charge in [0.2, 0.25) is 0 Å². The summed E-state index contributed by atoms with van der Waals surface area (Å²) in [6.45, 7) is 6.43. The number of carbonyl (C=O) groups excluding carboxylic acids is 2. The van der Waals surface area contributed by atoms with Crippen molar-refractivity contribution < 1.29 is 24.2 Å². The van der Waals surface area contributed by atoms with Gasteiger partial charge in [-0.3, -0.25) is 9.59 Å². The van der Waals surface area contributed by atoms with Crippen molar-refractivity contribution in [2.75, 3.05) is 46.4 Å². The summed E-state index contributed by atoms with van der Waals surface area (Å²) in [6, 6.07) is 10.6. The number of ketones is 1. The number of likely N-dealkylation sites (tertiary alicyclic amines) is 1. The molecule has 1 fully saturated rings. The number of aliphatic hydroxyl groups excluding tert-OH is 1. The second-order valence-electron chi connectivity index (χ2n) is 9.04. The third-order valence-corrected chi connectivity index (χ3v) is 6.26. The molecule has 2 aromatic rings. The van der Waals surface area contributed by atoms with Crippen LogP contribution in [-0.4, -0.2) is 63.2 Å². The molecular weight excluding hydrogens is 432 g/mol. The van der Waals surface area contributed by atoms with E-state index in [2.05, 4.69) is 0 Å². The minimum atomic E-state index is -0.713. The summed E-state index contributed by atoms with van der Waals surface area (Å²) in [5, 5.41) is 11.5. The zero-order valence-electron chi connectivity index (χ0n) is 21.0.